The zero-order valence-electron chi connectivity index (χ0n) is 6.62. The van der Waals surface area contributed by atoms with Crippen LogP contribution in [0, 0.1) is 0 Å². The van der Waals surface area contributed by atoms with Gasteiger partial charge in [0.25, 0.3) is 0 Å². The third kappa shape index (κ3) is 8.62. The molecule has 0 aromatic carbocycles. The fourth-order valence-electron chi connectivity index (χ4n) is 0.681. The van der Waals surface area contributed by atoms with Gasteiger partial charge in [-0.15, -0.1) is 0 Å². The summed E-state index contributed by atoms with van der Waals surface area (Å²) >= 11 is 8.25. The van der Waals surface area contributed by atoms with E-state index >= 15 is 0 Å². The molecule has 0 unspecified atom stereocenters. The maximum absolute atomic E-state index is 4.12. The first-order chi connectivity index (χ1) is 4.63. The third-order valence-electron chi connectivity index (χ3n) is 1.21. The fourth-order valence-corrected chi connectivity index (χ4v) is 0.964. The molecular formula is C6H16N2S2. The lowest BCUT2D eigenvalue weighted by Crippen LogP contribution is -2.11. The summed E-state index contributed by atoms with van der Waals surface area (Å²) in [6.45, 7) is 2.09. The SMILES string of the molecule is CN(S)CCCCN(C)S. The summed E-state index contributed by atoms with van der Waals surface area (Å²) in [7, 11) is 3.93. The highest BCUT2D eigenvalue weighted by Crippen LogP contribution is 1.97. The van der Waals surface area contributed by atoms with Crippen LogP contribution in [0.5, 0.6) is 0 Å². The van der Waals surface area contributed by atoms with Crippen LogP contribution < -0.4 is 0 Å². The van der Waals surface area contributed by atoms with Crippen LogP contribution in [0.2, 0.25) is 0 Å². The number of nitrogens with zero attached hydrogens (tertiary/aromatic N) is 2. The van der Waals surface area contributed by atoms with E-state index < -0.39 is 0 Å². The molecule has 0 N–H and O–H groups in total. The molecule has 0 rings (SSSR count). The largest absolute Gasteiger partial charge is 0.256 e. The summed E-state index contributed by atoms with van der Waals surface area (Å²) in [6.07, 6.45) is 2.37. The summed E-state index contributed by atoms with van der Waals surface area (Å²) in [5.41, 5.74) is 0. The average molecular weight is 180 g/mol. The Hall–Kier alpha value is 0.620. The second kappa shape index (κ2) is 6.34. The zero-order chi connectivity index (χ0) is 7.98. The normalized spacial score (nSPS) is 11.4. The second-order valence-corrected chi connectivity index (χ2v) is 3.84. The van der Waals surface area contributed by atoms with Crippen molar-refractivity contribution >= 4 is 25.6 Å². The van der Waals surface area contributed by atoms with Gasteiger partial charge in [0, 0.05) is 13.1 Å². The first-order valence-corrected chi connectivity index (χ1v) is 4.23. The first kappa shape index (κ1) is 10.6. The quantitative estimate of drug-likeness (QED) is 0.487. The predicted molar refractivity (Wildman–Crippen MR) is 52.5 cm³/mol. The maximum Gasteiger partial charge on any atom is 0.00843 e. The van der Waals surface area contributed by atoms with Crippen LogP contribution in [0.4, 0.5) is 0 Å². The molecule has 0 aliphatic heterocycles. The molecule has 0 fully saturated rings. The van der Waals surface area contributed by atoms with Crippen LogP contribution in [0.3, 0.4) is 0 Å². The Labute approximate surface area is 74.7 Å². The molecule has 0 aliphatic carbocycles. The number of hydrogen-bond donors (Lipinski definition) is 2. The van der Waals surface area contributed by atoms with Gasteiger partial charge in [0.05, 0.1) is 0 Å². The molecule has 0 aliphatic rings. The third-order valence-corrected chi connectivity index (χ3v) is 1.61. The van der Waals surface area contributed by atoms with E-state index in [0.29, 0.717) is 0 Å². The average Bonchev–Trinajstić information content (AvgIpc) is 1.79. The van der Waals surface area contributed by atoms with Crippen molar-refractivity contribution in [3.8, 4) is 0 Å². The molecule has 0 aromatic heterocycles. The van der Waals surface area contributed by atoms with Gasteiger partial charge in [-0.05, 0) is 26.9 Å². The summed E-state index contributed by atoms with van der Waals surface area (Å²) in [4.78, 5) is 0. The predicted octanol–water partition coefficient (Wildman–Crippen LogP) is 1.32. The van der Waals surface area contributed by atoms with Crippen LogP contribution >= 0.6 is 25.6 Å². The molecule has 4 heteroatoms. The minimum atomic E-state index is 1.05. The molecular weight excluding hydrogens is 164 g/mol. The lowest BCUT2D eigenvalue weighted by molar-refractivity contribution is 0.484. The summed E-state index contributed by atoms with van der Waals surface area (Å²) in [6, 6.07) is 0. The molecule has 0 spiro atoms. The van der Waals surface area contributed by atoms with Gasteiger partial charge in [-0.3, -0.25) is 8.61 Å². The Morgan fingerprint density at radius 2 is 1.20 bits per heavy atom. The topological polar surface area (TPSA) is 6.48 Å². The highest BCUT2D eigenvalue weighted by atomic mass is 32.1. The van der Waals surface area contributed by atoms with Gasteiger partial charge in [-0.25, -0.2) is 0 Å². The molecule has 62 valence electrons. The molecule has 10 heavy (non-hydrogen) atoms. The van der Waals surface area contributed by atoms with Crippen molar-refractivity contribution < 1.29 is 0 Å². The van der Waals surface area contributed by atoms with Gasteiger partial charge in [0.15, 0.2) is 0 Å². The van der Waals surface area contributed by atoms with Crippen LogP contribution in [-0.4, -0.2) is 35.8 Å². The molecule has 0 radical (unpaired) electrons. The van der Waals surface area contributed by atoms with E-state index in [0.717, 1.165) is 13.1 Å². The summed E-state index contributed by atoms with van der Waals surface area (Å²) in [5.74, 6) is 0. The lowest BCUT2D eigenvalue weighted by atomic mass is 10.3. The second-order valence-electron chi connectivity index (χ2n) is 2.47. The number of thiol groups is 2. The van der Waals surface area contributed by atoms with Crippen LogP contribution in [0.15, 0.2) is 0 Å². The molecule has 0 amide bonds. The maximum atomic E-state index is 4.12. The van der Waals surface area contributed by atoms with Crippen LogP contribution in [-0.2, 0) is 0 Å². The van der Waals surface area contributed by atoms with Crippen molar-refractivity contribution in [1.29, 1.82) is 0 Å². The molecule has 0 saturated heterocycles. The molecule has 0 atom stereocenters. The molecule has 0 saturated carbocycles. The van der Waals surface area contributed by atoms with E-state index in [1.165, 1.54) is 12.8 Å². The highest BCUT2D eigenvalue weighted by Gasteiger charge is 1.92. The van der Waals surface area contributed by atoms with Crippen molar-refractivity contribution in [1.82, 2.24) is 8.61 Å². The lowest BCUT2D eigenvalue weighted by Gasteiger charge is -2.10. The van der Waals surface area contributed by atoms with Gasteiger partial charge < -0.3 is 0 Å². The van der Waals surface area contributed by atoms with E-state index in [1.807, 2.05) is 22.7 Å². The Balaban J connectivity index is 2.91. The van der Waals surface area contributed by atoms with Crippen molar-refractivity contribution in [2.45, 2.75) is 12.8 Å². The van der Waals surface area contributed by atoms with Crippen LogP contribution in [0.25, 0.3) is 0 Å². The van der Waals surface area contributed by atoms with E-state index in [9.17, 15) is 0 Å². The molecule has 0 aromatic rings. The van der Waals surface area contributed by atoms with E-state index in [1.54, 1.807) is 0 Å². The summed E-state index contributed by atoms with van der Waals surface area (Å²) < 4.78 is 3.80. The molecule has 0 heterocycles. The van der Waals surface area contributed by atoms with Crippen molar-refractivity contribution in [2.75, 3.05) is 27.2 Å². The van der Waals surface area contributed by atoms with Gasteiger partial charge in [0.1, 0.15) is 0 Å². The summed E-state index contributed by atoms with van der Waals surface area (Å²) in [5, 5.41) is 0. The molecule has 2 nitrogen and oxygen atoms in total. The van der Waals surface area contributed by atoms with Crippen LogP contribution in [0.1, 0.15) is 12.8 Å². The Bertz CT molecular complexity index is 66.1. The Kier molecular flexibility index (Phi) is 6.73. The number of hydrogen-bond acceptors (Lipinski definition) is 4. The van der Waals surface area contributed by atoms with Gasteiger partial charge >= 0.3 is 0 Å². The van der Waals surface area contributed by atoms with Crippen molar-refractivity contribution in [2.24, 2.45) is 0 Å². The van der Waals surface area contributed by atoms with E-state index in [4.69, 9.17) is 0 Å². The van der Waals surface area contributed by atoms with Gasteiger partial charge in [-0.1, -0.05) is 25.6 Å². The van der Waals surface area contributed by atoms with E-state index in [2.05, 4.69) is 25.6 Å². The highest BCUT2D eigenvalue weighted by molar-refractivity contribution is 7.77. The first-order valence-electron chi connectivity index (χ1n) is 3.43. The van der Waals surface area contributed by atoms with Gasteiger partial charge in [-0.2, -0.15) is 0 Å². The van der Waals surface area contributed by atoms with E-state index in [-0.39, 0.29) is 0 Å². The van der Waals surface area contributed by atoms with Crippen molar-refractivity contribution in [3.05, 3.63) is 0 Å². The van der Waals surface area contributed by atoms with Gasteiger partial charge in [0.2, 0.25) is 0 Å². The smallest absolute Gasteiger partial charge is 0.00843 e. The standard InChI is InChI=1S/C6H16N2S2/c1-7(9)5-3-4-6-8(2)10/h9-10H,3-6H2,1-2H3. The van der Waals surface area contributed by atoms with Crippen molar-refractivity contribution in [3.63, 3.8) is 0 Å². The minimum absolute atomic E-state index is 1.05. The Morgan fingerprint density at radius 1 is 0.900 bits per heavy atom. The Morgan fingerprint density at radius 3 is 1.40 bits per heavy atom. The number of rotatable bonds is 5. The monoisotopic (exact) mass is 180 g/mol. The zero-order valence-corrected chi connectivity index (χ0v) is 8.41. The minimum Gasteiger partial charge on any atom is -0.256 e. The molecule has 0 bridgehead atoms. The number of unbranched alkanes of at least 4 members (excludes halogenated alkanes) is 1. The fraction of sp³-hybridized carbons (Fsp3) is 1.00.